The van der Waals surface area contributed by atoms with E-state index in [9.17, 15) is 9.46 Å². The van der Waals surface area contributed by atoms with E-state index in [1.54, 1.807) is 0 Å². The Morgan fingerprint density at radius 2 is 1.58 bits per heavy atom. The quantitative estimate of drug-likeness (QED) is 0.527. The molecule has 5 heteroatoms. The van der Waals surface area contributed by atoms with Gasteiger partial charge in [-0.3, -0.25) is 0 Å². The minimum atomic E-state index is -2.92. The zero-order valence-electron chi connectivity index (χ0n) is 13.0. The van der Waals surface area contributed by atoms with E-state index < -0.39 is 20.6 Å². The molecule has 1 heterocycles. The van der Waals surface area contributed by atoms with E-state index in [1.165, 1.54) is 35.0 Å². The van der Waals surface area contributed by atoms with Gasteiger partial charge in [0.15, 0.2) is 0 Å². The van der Waals surface area contributed by atoms with Crippen molar-refractivity contribution in [3.05, 3.63) is 0 Å². The summed E-state index contributed by atoms with van der Waals surface area (Å²) in [6.45, 7) is 8.92. The molecule has 0 aromatic heterocycles. The average Bonchev–Trinajstić information content (AvgIpc) is 2.41. The SMILES string of the molecule is C[CH2][Ge]([CH2]C)([CH2]C)[CH2]CP(=O)(O)CN1CCCCC1. The molecule has 1 atom stereocenters. The van der Waals surface area contributed by atoms with Crippen molar-refractivity contribution in [1.82, 2.24) is 4.90 Å². The van der Waals surface area contributed by atoms with Gasteiger partial charge >= 0.3 is 122 Å². The minimum absolute atomic E-state index is 0.447. The van der Waals surface area contributed by atoms with Crippen LogP contribution in [0.4, 0.5) is 0 Å². The van der Waals surface area contributed by atoms with Gasteiger partial charge in [0.2, 0.25) is 0 Å². The number of hydrogen-bond donors (Lipinski definition) is 1. The fraction of sp³-hybridized carbons (Fsp3) is 1.00. The van der Waals surface area contributed by atoms with Crippen LogP contribution in [0.5, 0.6) is 0 Å². The van der Waals surface area contributed by atoms with E-state index in [0.717, 1.165) is 18.3 Å². The summed E-state index contributed by atoms with van der Waals surface area (Å²) in [5.41, 5.74) is 0. The van der Waals surface area contributed by atoms with Crippen LogP contribution < -0.4 is 0 Å². The Morgan fingerprint density at radius 1 is 1.05 bits per heavy atom. The van der Waals surface area contributed by atoms with Gasteiger partial charge in [0.1, 0.15) is 0 Å². The molecule has 0 bridgehead atoms. The van der Waals surface area contributed by atoms with E-state index >= 15 is 0 Å². The molecule has 0 saturated carbocycles. The predicted molar refractivity (Wildman–Crippen MR) is 87.0 cm³/mol. The molecule has 0 aromatic rings. The van der Waals surface area contributed by atoms with E-state index in [0.29, 0.717) is 12.4 Å². The normalized spacial score (nSPS) is 21.3. The summed E-state index contributed by atoms with van der Waals surface area (Å²) in [5, 5.41) is 5.00. The number of nitrogens with zero attached hydrogens (tertiary/aromatic N) is 1. The monoisotopic (exact) mass is 351 g/mol. The zero-order chi connectivity index (χ0) is 14.4. The van der Waals surface area contributed by atoms with Gasteiger partial charge in [-0.05, 0) is 0 Å². The molecule has 19 heavy (non-hydrogen) atoms. The summed E-state index contributed by atoms with van der Waals surface area (Å²) < 4.78 is 12.4. The molecule has 1 rings (SSSR count). The zero-order valence-corrected chi connectivity index (χ0v) is 16.0. The van der Waals surface area contributed by atoms with Crippen LogP contribution in [0.2, 0.25) is 21.0 Å². The van der Waals surface area contributed by atoms with Crippen LogP contribution in [0.25, 0.3) is 0 Å². The third-order valence-electron chi connectivity index (χ3n) is 5.11. The van der Waals surface area contributed by atoms with Gasteiger partial charge in [0.25, 0.3) is 0 Å². The molecule has 1 unspecified atom stereocenters. The standard InChI is InChI=1S/C14H32GeNO2P/c1-4-15(5-2,6-3)10-13-19(17,18)14-16-11-8-7-9-12-16/h4-14H2,1-3H3,(H,17,18). The van der Waals surface area contributed by atoms with Crippen LogP contribution in [-0.2, 0) is 4.57 Å². The Kier molecular flexibility index (Phi) is 7.67. The Balaban J connectivity index is 2.46. The van der Waals surface area contributed by atoms with Crippen LogP contribution >= 0.6 is 7.37 Å². The molecule has 3 nitrogen and oxygen atoms in total. The van der Waals surface area contributed by atoms with E-state index in [4.69, 9.17) is 0 Å². The summed E-state index contributed by atoms with van der Waals surface area (Å²) >= 11 is -1.78. The number of piperidine rings is 1. The molecule has 0 spiro atoms. The van der Waals surface area contributed by atoms with E-state index in [2.05, 4.69) is 25.7 Å². The third kappa shape index (κ3) is 5.91. The van der Waals surface area contributed by atoms with E-state index in [1.807, 2.05) is 0 Å². The molecule has 1 N–H and O–H groups in total. The summed E-state index contributed by atoms with van der Waals surface area (Å²) in [4.78, 5) is 12.5. The van der Waals surface area contributed by atoms with Gasteiger partial charge in [-0.25, -0.2) is 0 Å². The maximum absolute atomic E-state index is 12.4. The van der Waals surface area contributed by atoms with Crippen molar-refractivity contribution >= 4 is 20.6 Å². The second-order valence-electron chi connectivity index (χ2n) is 6.20. The molecule has 1 aliphatic rings. The molecule has 0 aromatic carbocycles. The molecule has 1 saturated heterocycles. The van der Waals surface area contributed by atoms with Crippen LogP contribution in [0.15, 0.2) is 0 Å². The summed E-state index contributed by atoms with van der Waals surface area (Å²) in [6.07, 6.45) is 4.70. The van der Waals surface area contributed by atoms with Crippen LogP contribution in [-0.4, -0.2) is 48.6 Å². The van der Waals surface area contributed by atoms with Crippen LogP contribution in [0.3, 0.4) is 0 Å². The van der Waals surface area contributed by atoms with Crippen molar-refractivity contribution in [2.75, 3.05) is 25.5 Å². The van der Waals surface area contributed by atoms with Gasteiger partial charge in [-0.1, -0.05) is 0 Å². The Bertz CT molecular complexity index is 294. The Hall–Kier alpha value is 0.693. The Labute approximate surface area is 122 Å². The average molecular weight is 350 g/mol. The fourth-order valence-corrected chi connectivity index (χ4v) is 15.6. The number of likely N-dealkylation sites (tertiary alicyclic amines) is 1. The van der Waals surface area contributed by atoms with Crippen LogP contribution in [0, 0.1) is 0 Å². The van der Waals surface area contributed by atoms with Gasteiger partial charge < -0.3 is 0 Å². The van der Waals surface area contributed by atoms with Crippen molar-refractivity contribution in [2.45, 2.75) is 61.0 Å². The van der Waals surface area contributed by atoms with Crippen molar-refractivity contribution in [3.63, 3.8) is 0 Å². The molecular formula is C14H32GeNO2P. The summed E-state index contributed by atoms with van der Waals surface area (Å²) in [6, 6.07) is 0. The second kappa shape index (κ2) is 8.21. The molecule has 0 radical (unpaired) electrons. The van der Waals surface area contributed by atoms with Gasteiger partial charge in [0, 0.05) is 0 Å². The maximum atomic E-state index is 12.4. The van der Waals surface area contributed by atoms with E-state index in [-0.39, 0.29) is 0 Å². The number of rotatable bonds is 8. The first-order valence-corrected chi connectivity index (χ1v) is 16.0. The third-order valence-corrected chi connectivity index (χ3v) is 19.9. The van der Waals surface area contributed by atoms with Crippen molar-refractivity contribution < 1.29 is 9.46 Å². The fourth-order valence-electron chi connectivity index (χ4n) is 3.18. The van der Waals surface area contributed by atoms with Gasteiger partial charge in [-0.2, -0.15) is 0 Å². The molecule has 114 valence electrons. The second-order valence-corrected chi connectivity index (χ2v) is 20.4. The molecule has 0 aliphatic carbocycles. The summed E-state index contributed by atoms with van der Waals surface area (Å²) in [5.74, 6) is 0. The van der Waals surface area contributed by atoms with Crippen molar-refractivity contribution in [3.8, 4) is 0 Å². The van der Waals surface area contributed by atoms with Crippen molar-refractivity contribution in [2.24, 2.45) is 0 Å². The first-order valence-electron chi connectivity index (χ1n) is 8.00. The first-order chi connectivity index (χ1) is 8.97. The predicted octanol–water partition coefficient (Wildman–Crippen LogP) is 4.21. The molecule has 0 amide bonds. The van der Waals surface area contributed by atoms with Crippen LogP contribution in [0.1, 0.15) is 40.0 Å². The molecule has 1 aliphatic heterocycles. The number of hydrogen-bond acceptors (Lipinski definition) is 2. The Morgan fingerprint density at radius 3 is 2.05 bits per heavy atom. The molecular weight excluding hydrogens is 318 g/mol. The first kappa shape index (κ1) is 17.7. The van der Waals surface area contributed by atoms with Gasteiger partial charge in [0.05, 0.1) is 0 Å². The van der Waals surface area contributed by atoms with Crippen molar-refractivity contribution in [1.29, 1.82) is 0 Å². The molecule has 1 fully saturated rings. The summed E-state index contributed by atoms with van der Waals surface area (Å²) in [7, 11) is -2.92. The topological polar surface area (TPSA) is 40.5 Å². The van der Waals surface area contributed by atoms with Gasteiger partial charge in [-0.15, -0.1) is 0 Å².